The van der Waals surface area contributed by atoms with Gasteiger partial charge in [0.05, 0.1) is 16.3 Å². The summed E-state index contributed by atoms with van der Waals surface area (Å²) in [6.45, 7) is 0.815. The van der Waals surface area contributed by atoms with Gasteiger partial charge < -0.3 is 5.32 Å². The fourth-order valence-corrected chi connectivity index (χ4v) is 3.23. The second-order valence-electron chi connectivity index (χ2n) is 6.47. The number of rotatable bonds is 4. The molecule has 6 nitrogen and oxygen atoms in total. The van der Waals surface area contributed by atoms with Crippen LogP contribution in [0.2, 0.25) is 10.0 Å². The Morgan fingerprint density at radius 3 is 2.33 bits per heavy atom. The molecular weight excluding hydrogens is 446 g/mol. The fraction of sp³-hybridized carbons (Fsp3) is 0.211. The molecule has 158 valence electrons. The Kier molecular flexibility index (Phi) is 5.96. The Morgan fingerprint density at radius 2 is 1.73 bits per heavy atom. The average Bonchev–Trinajstić information content (AvgIpc) is 2.87. The maximum Gasteiger partial charge on any atom is 0.416 e. The highest BCUT2D eigenvalue weighted by atomic mass is 35.5. The number of urea groups is 1. The Hall–Kier alpha value is -2.78. The molecule has 2 aromatic rings. The first kappa shape index (κ1) is 21.9. The number of halogens is 5. The average molecular weight is 460 g/mol. The van der Waals surface area contributed by atoms with Crippen LogP contribution in [0.3, 0.4) is 0 Å². The molecule has 4 amide bonds. The first-order valence-corrected chi connectivity index (χ1v) is 9.31. The molecule has 0 bridgehead atoms. The van der Waals surface area contributed by atoms with Crippen molar-refractivity contribution in [3.8, 4) is 0 Å². The van der Waals surface area contributed by atoms with E-state index in [2.05, 4.69) is 5.32 Å². The van der Waals surface area contributed by atoms with Crippen molar-refractivity contribution >= 4 is 52.4 Å². The second kappa shape index (κ2) is 8.16. The third-order valence-corrected chi connectivity index (χ3v) is 5.00. The first-order valence-electron chi connectivity index (χ1n) is 8.56. The zero-order chi connectivity index (χ0) is 22.2. The van der Waals surface area contributed by atoms with Gasteiger partial charge in [-0.3, -0.25) is 19.4 Å². The van der Waals surface area contributed by atoms with Crippen molar-refractivity contribution in [1.82, 2.24) is 4.90 Å². The fourth-order valence-electron chi connectivity index (χ4n) is 2.94. The number of benzene rings is 2. The van der Waals surface area contributed by atoms with Crippen LogP contribution in [0.15, 0.2) is 42.5 Å². The van der Waals surface area contributed by atoms with E-state index in [4.69, 9.17) is 23.2 Å². The molecule has 1 atom stereocenters. The number of amides is 4. The van der Waals surface area contributed by atoms with Crippen LogP contribution in [0.4, 0.5) is 29.3 Å². The van der Waals surface area contributed by atoms with Crippen LogP contribution >= 0.6 is 23.2 Å². The van der Waals surface area contributed by atoms with Crippen LogP contribution in [0.25, 0.3) is 0 Å². The number of carbonyl (C=O) groups is 3. The van der Waals surface area contributed by atoms with Gasteiger partial charge in [0.25, 0.3) is 5.91 Å². The van der Waals surface area contributed by atoms with Crippen molar-refractivity contribution in [2.75, 3.05) is 16.8 Å². The highest BCUT2D eigenvalue weighted by molar-refractivity contribution is 6.33. The van der Waals surface area contributed by atoms with E-state index < -0.39 is 42.2 Å². The van der Waals surface area contributed by atoms with Crippen molar-refractivity contribution in [2.45, 2.75) is 19.1 Å². The van der Waals surface area contributed by atoms with Crippen LogP contribution in [-0.4, -0.2) is 35.3 Å². The maximum atomic E-state index is 12.9. The lowest BCUT2D eigenvalue weighted by Crippen LogP contribution is -2.39. The summed E-state index contributed by atoms with van der Waals surface area (Å²) in [4.78, 5) is 39.4. The maximum absolute atomic E-state index is 12.9. The molecule has 2 aromatic carbocycles. The van der Waals surface area contributed by atoms with Crippen molar-refractivity contribution in [2.24, 2.45) is 0 Å². The Labute approximate surface area is 179 Å². The summed E-state index contributed by atoms with van der Waals surface area (Å²) >= 11 is 11.7. The summed E-state index contributed by atoms with van der Waals surface area (Å²) in [6.07, 6.45) is -4.63. The quantitative estimate of drug-likeness (QED) is 0.667. The minimum Gasteiger partial charge on any atom is -0.323 e. The molecule has 1 N–H and O–H groups in total. The molecule has 0 radical (unpaired) electrons. The van der Waals surface area contributed by atoms with E-state index in [-0.39, 0.29) is 10.7 Å². The lowest BCUT2D eigenvalue weighted by molar-refractivity contribution is -0.137. The molecular formula is C19H14Cl2F3N3O3. The SMILES string of the molecule is C[C@H]1C(=O)N(CC(=O)Nc2cc(C(F)(F)F)ccc2Cl)C(=O)N1c1ccc(Cl)cc1. The predicted octanol–water partition coefficient (Wildman–Crippen LogP) is 4.81. The van der Waals surface area contributed by atoms with Gasteiger partial charge in [-0.05, 0) is 49.4 Å². The third-order valence-electron chi connectivity index (χ3n) is 4.42. The summed E-state index contributed by atoms with van der Waals surface area (Å²) in [7, 11) is 0. The number of hydrogen-bond donors (Lipinski definition) is 1. The van der Waals surface area contributed by atoms with E-state index in [0.717, 1.165) is 17.0 Å². The zero-order valence-corrected chi connectivity index (χ0v) is 16.8. The van der Waals surface area contributed by atoms with Gasteiger partial charge in [-0.15, -0.1) is 0 Å². The van der Waals surface area contributed by atoms with E-state index in [1.165, 1.54) is 11.8 Å². The molecule has 30 heavy (non-hydrogen) atoms. The van der Waals surface area contributed by atoms with Crippen molar-refractivity contribution in [3.63, 3.8) is 0 Å². The van der Waals surface area contributed by atoms with Gasteiger partial charge in [0.1, 0.15) is 12.6 Å². The Bertz CT molecular complexity index is 1010. The molecule has 0 spiro atoms. The van der Waals surface area contributed by atoms with Gasteiger partial charge >= 0.3 is 12.2 Å². The van der Waals surface area contributed by atoms with Gasteiger partial charge in [0, 0.05) is 10.7 Å². The molecule has 0 aliphatic carbocycles. The highest BCUT2D eigenvalue weighted by Gasteiger charge is 2.44. The molecule has 1 aliphatic rings. The molecule has 0 aromatic heterocycles. The van der Waals surface area contributed by atoms with Crippen LogP contribution < -0.4 is 10.2 Å². The number of anilines is 2. The van der Waals surface area contributed by atoms with Crippen LogP contribution in [-0.2, 0) is 15.8 Å². The molecule has 3 rings (SSSR count). The normalized spacial score (nSPS) is 16.9. The minimum absolute atomic E-state index is 0.119. The molecule has 1 heterocycles. The molecule has 0 unspecified atom stereocenters. The summed E-state index contributed by atoms with van der Waals surface area (Å²) in [5, 5.41) is 2.54. The first-order chi connectivity index (χ1) is 14.0. The number of imide groups is 1. The van der Waals surface area contributed by atoms with Gasteiger partial charge in [-0.25, -0.2) is 4.79 Å². The number of alkyl halides is 3. The molecule has 1 saturated heterocycles. The second-order valence-corrected chi connectivity index (χ2v) is 7.31. The molecule has 1 fully saturated rings. The highest BCUT2D eigenvalue weighted by Crippen LogP contribution is 2.34. The number of hydrogen-bond acceptors (Lipinski definition) is 3. The van der Waals surface area contributed by atoms with Crippen LogP contribution in [0.1, 0.15) is 12.5 Å². The summed E-state index contributed by atoms with van der Waals surface area (Å²) in [5.74, 6) is -1.50. The third kappa shape index (κ3) is 4.36. The zero-order valence-electron chi connectivity index (χ0n) is 15.3. The number of nitrogens with zero attached hydrogens (tertiary/aromatic N) is 2. The topological polar surface area (TPSA) is 69.7 Å². The van der Waals surface area contributed by atoms with Crippen molar-refractivity contribution in [3.05, 3.63) is 58.1 Å². The monoisotopic (exact) mass is 459 g/mol. The van der Waals surface area contributed by atoms with Gasteiger partial charge in [-0.2, -0.15) is 13.2 Å². The number of carbonyl (C=O) groups excluding carboxylic acids is 3. The molecule has 11 heteroatoms. The standard InChI is InChI=1S/C19H14Cl2F3N3O3/c1-10-17(29)26(18(30)27(10)13-5-3-12(20)4-6-13)9-16(28)25-15-8-11(19(22,23)24)2-7-14(15)21/h2-8,10H,9H2,1H3,(H,25,28)/t10-/m0/s1. The van der Waals surface area contributed by atoms with E-state index in [0.29, 0.717) is 16.8 Å². The minimum atomic E-state index is -4.63. The summed E-state index contributed by atoms with van der Waals surface area (Å²) in [6, 6.07) is 7.04. The van der Waals surface area contributed by atoms with E-state index >= 15 is 0 Å². The Morgan fingerprint density at radius 1 is 1.10 bits per heavy atom. The van der Waals surface area contributed by atoms with E-state index in [1.54, 1.807) is 24.3 Å². The van der Waals surface area contributed by atoms with Crippen LogP contribution in [0, 0.1) is 0 Å². The summed E-state index contributed by atoms with van der Waals surface area (Å²) < 4.78 is 38.6. The predicted molar refractivity (Wildman–Crippen MR) is 106 cm³/mol. The van der Waals surface area contributed by atoms with Crippen LogP contribution in [0.5, 0.6) is 0 Å². The van der Waals surface area contributed by atoms with Gasteiger partial charge in [0.2, 0.25) is 5.91 Å². The van der Waals surface area contributed by atoms with Gasteiger partial charge in [0.15, 0.2) is 0 Å². The van der Waals surface area contributed by atoms with E-state index in [9.17, 15) is 27.6 Å². The lowest BCUT2D eigenvalue weighted by Gasteiger charge is -2.19. The molecule has 1 aliphatic heterocycles. The van der Waals surface area contributed by atoms with Gasteiger partial charge in [-0.1, -0.05) is 23.2 Å². The smallest absolute Gasteiger partial charge is 0.323 e. The Balaban J connectivity index is 1.76. The largest absolute Gasteiger partial charge is 0.416 e. The van der Waals surface area contributed by atoms with Crippen molar-refractivity contribution in [1.29, 1.82) is 0 Å². The number of nitrogens with one attached hydrogen (secondary N) is 1. The molecule has 0 saturated carbocycles. The summed E-state index contributed by atoms with van der Waals surface area (Å²) in [5.41, 5.74) is -0.870. The lowest BCUT2D eigenvalue weighted by atomic mass is 10.2. The van der Waals surface area contributed by atoms with E-state index in [1.807, 2.05) is 0 Å². The van der Waals surface area contributed by atoms with Crippen molar-refractivity contribution < 1.29 is 27.6 Å².